The van der Waals surface area contributed by atoms with Crippen molar-refractivity contribution in [1.82, 2.24) is 40.3 Å². The summed E-state index contributed by atoms with van der Waals surface area (Å²) in [5.74, 6) is -0.951. The third-order valence-corrected chi connectivity index (χ3v) is 5.38. The van der Waals surface area contributed by atoms with Crippen molar-refractivity contribution < 1.29 is 8.78 Å². The first kappa shape index (κ1) is 19.2. The second-order valence-electron chi connectivity index (χ2n) is 7.36. The van der Waals surface area contributed by atoms with Crippen LogP contribution in [0.15, 0.2) is 42.9 Å². The van der Waals surface area contributed by atoms with Crippen molar-refractivity contribution in [3.05, 3.63) is 54.5 Å². The van der Waals surface area contributed by atoms with Gasteiger partial charge >= 0.3 is 0 Å². The highest BCUT2D eigenvalue weighted by Crippen LogP contribution is 2.30. The summed E-state index contributed by atoms with van der Waals surface area (Å²) in [6, 6.07) is 5.18. The fourth-order valence-electron chi connectivity index (χ4n) is 3.74. The Morgan fingerprint density at radius 2 is 1.90 bits per heavy atom. The summed E-state index contributed by atoms with van der Waals surface area (Å²) in [6.07, 6.45) is 7.41. The van der Waals surface area contributed by atoms with Crippen LogP contribution in [0.1, 0.15) is 18.9 Å². The highest BCUT2D eigenvalue weighted by atomic mass is 19.1. The number of pyridine rings is 1. The molecule has 11 heteroatoms. The van der Waals surface area contributed by atoms with Gasteiger partial charge in [0.1, 0.15) is 23.1 Å². The van der Waals surface area contributed by atoms with Gasteiger partial charge in [-0.3, -0.25) is 4.68 Å². The Bertz CT molecular complexity index is 1230. The largest absolute Gasteiger partial charge is 0.383 e. The van der Waals surface area contributed by atoms with Crippen molar-refractivity contribution in [3.8, 4) is 28.2 Å². The minimum absolute atomic E-state index is 0.122. The van der Waals surface area contributed by atoms with Crippen LogP contribution in [-0.2, 0) is 0 Å². The smallest absolute Gasteiger partial charge is 0.190 e. The number of hydrogen-bond acceptors (Lipinski definition) is 7. The lowest BCUT2D eigenvalue weighted by molar-refractivity contribution is 0.343. The summed E-state index contributed by atoms with van der Waals surface area (Å²) in [7, 11) is 0. The number of hydrogen-bond donors (Lipinski definition) is 2. The van der Waals surface area contributed by atoms with E-state index < -0.39 is 11.6 Å². The van der Waals surface area contributed by atoms with E-state index in [4.69, 9.17) is 5.73 Å². The number of rotatable bonds is 4. The number of anilines is 1. The summed E-state index contributed by atoms with van der Waals surface area (Å²) in [6.45, 7) is 1.93. The molecular weight excluding hydrogens is 404 g/mol. The lowest BCUT2D eigenvalue weighted by Gasteiger charge is -2.22. The second-order valence-corrected chi connectivity index (χ2v) is 7.36. The molecule has 0 atom stereocenters. The normalized spacial score (nSPS) is 14.8. The Hall–Kier alpha value is -3.73. The van der Waals surface area contributed by atoms with Gasteiger partial charge in [0.25, 0.3) is 0 Å². The molecule has 1 aromatic carbocycles. The van der Waals surface area contributed by atoms with Crippen molar-refractivity contribution in [1.29, 1.82) is 0 Å². The van der Waals surface area contributed by atoms with Crippen molar-refractivity contribution in [2.75, 3.05) is 18.8 Å². The molecule has 0 saturated carbocycles. The predicted octanol–water partition coefficient (Wildman–Crippen LogP) is 2.37. The third-order valence-electron chi connectivity index (χ3n) is 5.38. The zero-order valence-corrected chi connectivity index (χ0v) is 16.4. The van der Waals surface area contributed by atoms with Gasteiger partial charge < -0.3 is 11.1 Å². The molecule has 0 radical (unpaired) electrons. The van der Waals surface area contributed by atoms with E-state index in [9.17, 15) is 8.78 Å². The lowest BCUT2D eigenvalue weighted by atomic mass is 10.1. The Balaban J connectivity index is 1.53. The van der Waals surface area contributed by atoms with Crippen LogP contribution in [0.2, 0.25) is 0 Å². The highest BCUT2D eigenvalue weighted by molar-refractivity contribution is 5.76. The van der Waals surface area contributed by atoms with Gasteiger partial charge in [-0.15, -0.1) is 5.10 Å². The van der Waals surface area contributed by atoms with Gasteiger partial charge in [-0.1, -0.05) is 0 Å². The summed E-state index contributed by atoms with van der Waals surface area (Å²) in [5.41, 5.74) is 7.99. The van der Waals surface area contributed by atoms with Crippen molar-refractivity contribution in [3.63, 3.8) is 0 Å². The number of nitrogen functional groups attached to an aromatic ring is 1. The molecule has 31 heavy (non-hydrogen) atoms. The van der Waals surface area contributed by atoms with Crippen molar-refractivity contribution >= 4 is 5.82 Å². The molecule has 1 saturated heterocycles. The molecule has 158 valence electrons. The Morgan fingerprint density at radius 3 is 2.74 bits per heavy atom. The summed E-state index contributed by atoms with van der Waals surface area (Å²) in [4.78, 5) is 4.26. The molecule has 1 aliphatic heterocycles. The van der Waals surface area contributed by atoms with Gasteiger partial charge in [0.05, 0.1) is 17.8 Å². The number of nitrogens with two attached hydrogens (primary N) is 1. The van der Waals surface area contributed by atoms with Crippen LogP contribution >= 0.6 is 0 Å². The van der Waals surface area contributed by atoms with Gasteiger partial charge in [0.2, 0.25) is 0 Å². The maximum atomic E-state index is 14.3. The van der Waals surface area contributed by atoms with E-state index in [-0.39, 0.29) is 17.3 Å². The summed E-state index contributed by atoms with van der Waals surface area (Å²) in [5, 5.41) is 19.3. The average Bonchev–Trinajstić information content (AvgIpc) is 3.47. The van der Waals surface area contributed by atoms with E-state index in [2.05, 4.69) is 30.9 Å². The first-order chi connectivity index (χ1) is 15.1. The molecule has 5 rings (SSSR count). The second kappa shape index (κ2) is 7.84. The monoisotopic (exact) mass is 423 g/mol. The Morgan fingerprint density at radius 1 is 1.06 bits per heavy atom. The van der Waals surface area contributed by atoms with Crippen LogP contribution < -0.4 is 11.1 Å². The quantitative estimate of drug-likeness (QED) is 0.518. The first-order valence-electron chi connectivity index (χ1n) is 9.85. The van der Waals surface area contributed by atoms with Crippen LogP contribution in [0, 0.1) is 11.6 Å². The molecule has 1 aliphatic rings. The van der Waals surface area contributed by atoms with Crippen LogP contribution in [0.25, 0.3) is 28.2 Å². The molecule has 3 aromatic heterocycles. The first-order valence-corrected chi connectivity index (χ1v) is 9.85. The number of halogens is 2. The van der Waals surface area contributed by atoms with E-state index in [1.165, 1.54) is 0 Å². The molecule has 0 bridgehead atoms. The van der Waals surface area contributed by atoms with E-state index >= 15 is 0 Å². The van der Waals surface area contributed by atoms with Gasteiger partial charge in [-0.25, -0.2) is 13.8 Å². The molecule has 4 heterocycles. The standard InChI is InChI=1S/C20H19F2N9/c21-14-1-2-17(22)18(8-14)31-20(27-28-29-31)16-7-12(9-25-19(16)23)13-10-26-30(11-13)15-3-5-24-6-4-15/h1-2,7-11,15,24H,3-6H2,(H2,23,25). The molecule has 4 aromatic rings. The fourth-order valence-corrected chi connectivity index (χ4v) is 3.74. The van der Waals surface area contributed by atoms with Gasteiger partial charge in [-0.05, 0) is 54.6 Å². The number of nitrogens with zero attached hydrogens (tertiary/aromatic N) is 7. The lowest BCUT2D eigenvalue weighted by Crippen LogP contribution is -2.29. The Labute approximate surface area is 175 Å². The maximum Gasteiger partial charge on any atom is 0.190 e. The number of aromatic nitrogens is 7. The molecule has 0 aliphatic carbocycles. The number of piperidine rings is 1. The number of benzene rings is 1. The van der Waals surface area contributed by atoms with Crippen molar-refractivity contribution in [2.24, 2.45) is 0 Å². The average molecular weight is 423 g/mol. The van der Waals surface area contributed by atoms with Crippen molar-refractivity contribution in [2.45, 2.75) is 18.9 Å². The fraction of sp³-hybridized carbons (Fsp3) is 0.250. The van der Waals surface area contributed by atoms with Crippen LogP contribution in [0.3, 0.4) is 0 Å². The van der Waals surface area contributed by atoms with E-state index in [0.29, 0.717) is 11.6 Å². The topological polar surface area (TPSA) is 112 Å². The Kier molecular flexibility index (Phi) is 4.86. The molecule has 9 nitrogen and oxygen atoms in total. The van der Waals surface area contributed by atoms with Crippen LogP contribution in [0.5, 0.6) is 0 Å². The summed E-state index contributed by atoms with van der Waals surface area (Å²) >= 11 is 0. The summed E-state index contributed by atoms with van der Waals surface area (Å²) < 4.78 is 31.1. The van der Waals surface area contributed by atoms with Crippen LogP contribution in [0.4, 0.5) is 14.6 Å². The van der Waals surface area contributed by atoms with E-state index in [1.54, 1.807) is 18.5 Å². The molecular formula is C20H19F2N9. The van der Waals surface area contributed by atoms with Gasteiger partial charge in [-0.2, -0.15) is 9.78 Å². The third kappa shape index (κ3) is 3.63. The van der Waals surface area contributed by atoms with E-state index in [0.717, 1.165) is 59.9 Å². The zero-order chi connectivity index (χ0) is 21.4. The molecule has 0 amide bonds. The molecule has 0 spiro atoms. The minimum Gasteiger partial charge on any atom is -0.383 e. The SMILES string of the molecule is Nc1ncc(-c2cnn(C3CCNCC3)c2)cc1-c1nnnn1-c1cc(F)ccc1F. The number of nitrogens with one attached hydrogen (secondary N) is 1. The maximum absolute atomic E-state index is 14.3. The van der Waals surface area contributed by atoms with Gasteiger partial charge in [0.15, 0.2) is 5.82 Å². The zero-order valence-electron chi connectivity index (χ0n) is 16.4. The number of tetrazole rings is 1. The van der Waals surface area contributed by atoms with E-state index in [1.807, 2.05) is 10.9 Å². The highest BCUT2D eigenvalue weighted by Gasteiger charge is 2.20. The minimum atomic E-state index is -0.666. The van der Waals surface area contributed by atoms with Crippen LogP contribution in [-0.4, -0.2) is 48.1 Å². The van der Waals surface area contributed by atoms with Gasteiger partial charge in [0, 0.05) is 29.6 Å². The molecule has 3 N–H and O–H groups in total. The molecule has 0 unspecified atom stereocenters. The predicted molar refractivity (Wildman–Crippen MR) is 109 cm³/mol. The molecule has 1 fully saturated rings.